The number of hydrogen-bond acceptors (Lipinski definition) is 3. The highest BCUT2D eigenvalue weighted by atomic mass is 16.1. The molecule has 3 rings (SSSR count). The molecule has 138 valence electrons. The van der Waals surface area contributed by atoms with E-state index in [9.17, 15) is 4.79 Å². The number of nitrogens with one attached hydrogen (secondary N) is 2. The van der Waals surface area contributed by atoms with Crippen LogP contribution in [0.5, 0.6) is 0 Å². The molecule has 2 aromatic rings. The first kappa shape index (κ1) is 18.2. The van der Waals surface area contributed by atoms with Gasteiger partial charge in [-0.1, -0.05) is 38.0 Å². The van der Waals surface area contributed by atoms with Crippen molar-refractivity contribution in [2.75, 3.05) is 24.3 Å². The van der Waals surface area contributed by atoms with Crippen molar-refractivity contribution in [2.24, 2.45) is 0 Å². The number of nitrogens with zero attached hydrogens (tertiary/aromatic N) is 2. The van der Waals surface area contributed by atoms with Crippen LogP contribution >= 0.6 is 0 Å². The summed E-state index contributed by atoms with van der Waals surface area (Å²) in [7, 11) is 3.95. The number of aromatic nitrogens is 2. The Hall–Kier alpha value is -2.56. The molecule has 0 unspecified atom stereocenters. The zero-order chi connectivity index (χ0) is 18.7. The van der Waals surface area contributed by atoms with E-state index in [4.69, 9.17) is 4.98 Å². The van der Waals surface area contributed by atoms with E-state index in [1.807, 2.05) is 25.1 Å². The maximum atomic E-state index is 12.4. The number of allylic oxidation sites excluding steroid dienone is 2. The van der Waals surface area contributed by atoms with Crippen molar-refractivity contribution < 1.29 is 4.79 Å². The Morgan fingerprint density at radius 3 is 2.69 bits per heavy atom. The van der Waals surface area contributed by atoms with Crippen LogP contribution in [0.2, 0.25) is 0 Å². The number of anilines is 2. The highest BCUT2D eigenvalue weighted by molar-refractivity contribution is 6.06. The van der Waals surface area contributed by atoms with Crippen LogP contribution in [0.3, 0.4) is 0 Å². The molecule has 0 atom stereocenters. The molecule has 1 saturated carbocycles. The lowest BCUT2D eigenvalue weighted by molar-refractivity contribution is -0.112. The summed E-state index contributed by atoms with van der Waals surface area (Å²) in [6, 6.07) is 4.03. The average Bonchev–Trinajstić information content (AvgIpc) is 3.04. The van der Waals surface area contributed by atoms with E-state index >= 15 is 0 Å². The fourth-order valence-corrected chi connectivity index (χ4v) is 3.58. The van der Waals surface area contributed by atoms with Crippen molar-refractivity contribution in [3.63, 3.8) is 0 Å². The molecule has 2 N–H and O–H groups in total. The first-order valence-electron chi connectivity index (χ1n) is 9.31. The maximum absolute atomic E-state index is 12.4. The second-order valence-corrected chi connectivity index (χ2v) is 7.28. The molecule has 1 heterocycles. The third kappa shape index (κ3) is 3.82. The number of imidazole rings is 1. The van der Waals surface area contributed by atoms with Gasteiger partial charge in [0.1, 0.15) is 5.82 Å². The molecule has 1 aromatic carbocycles. The zero-order valence-electron chi connectivity index (χ0n) is 15.9. The van der Waals surface area contributed by atoms with Crippen LogP contribution in [0.1, 0.15) is 50.8 Å². The summed E-state index contributed by atoms with van der Waals surface area (Å²) in [5.74, 6) is 1.47. The molecule has 0 spiro atoms. The predicted molar refractivity (Wildman–Crippen MR) is 109 cm³/mol. The first-order chi connectivity index (χ1) is 12.5. The van der Waals surface area contributed by atoms with Gasteiger partial charge in [-0.3, -0.25) is 4.79 Å². The topological polar surface area (TPSA) is 61.0 Å². The molecule has 0 bridgehead atoms. The van der Waals surface area contributed by atoms with Gasteiger partial charge in [0.05, 0.1) is 22.4 Å². The minimum Gasteiger partial charge on any atom is -0.376 e. The smallest absolute Gasteiger partial charge is 0.251 e. The first-order valence-corrected chi connectivity index (χ1v) is 9.31. The number of hydrogen-bond donors (Lipinski definition) is 2. The molecule has 5 nitrogen and oxygen atoms in total. The van der Waals surface area contributed by atoms with Crippen molar-refractivity contribution in [1.29, 1.82) is 0 Å². The van der Waals surface area contributed by atoms with Gasteiger partial charge < -0.3 is 15.2 Å². The van der Waals surface area contributed by atoms with Gasteiger partial charge in [-0.15, -0.1) is 0 Å². The molecule has 0 aliphatic heterocycles. The van der Waals surface area contributed by atoms with E-state index in [-0.39, 0.29) is 5.91 Å². The second kappa shape index (κ2) is 7.77. The van der Waals surface area contributed by atoms with E-state index in [2.05, 4.69) is 22.9 Å². The lowest BCUT2D eigenvalue weighted by Gasteiger charge is -2.19. The summed E-state index contributed by atoms with van der Waals surface area (Å²) in [5.41, 5.74) is 4.26. The summed E-state index contributed by atoms with van der Waals surface area (Å²) in [5, 5.41) is 3.01. The van der Waals surface area contributed by atoms with Crippen molar-refractivity contribution in [2.45, 2.75) is 44.9 Å². The van der Waals surface area contributed by atoms with Gasteiger partial charge in [0.2, 0.25) is 0 Å². The molecule has 0 radical (unpaired) electrons. The third-order valence-electron chi connectivity index (χ3n) is 5.07. The predicted octanol–water partition coefficient (Wildman–Crippen LogP) is 4.75. The van der Waals surface area contributed by atoms with Crippen LogP contribution < -0.4 is 10.2 Å². The Morgan fingerprint density at radius 2 is 2.04 bits per heavy atom. The fourth-order valence-electron chi connectivity index (χ4n) is 3.58. The molecule has 1 aliphatic carbocycles. The Kier molecular flexibility index (Phi) is 5.45. The number of fused-ring (bicyclic) bond motifs is 1. The minimum atomic E-state index is -0.129. The number of carbonyl (C=O) groups is 1. The summed E-state index contributed by atoms with van der Waals surface area (Å²) in [4.78, 5) is 22.7. The third-order valence-corrected chi connectivity index (χ3v) is 5.07. The molecular weight excluding hydrogens is 324 g/mol. The molecule has 1 aromatic heterocycles. The van der Waals surface area contributed by atoms with Gasteiger partial charge in [0, 0.05) is 25.6 Å². The number of H-pyrrole nitrogens is 1. The Morgan fingerprint density at radius 1 is 1.31 bits per heavy atom. The van der Waals surface area contributed by atoms with E-state index in [1.165, 1.54) is 32.1 Å². The minimum absolute atomic E-state index is 0.129. The highest BCUT2D eigenvalue weighted by Crippen LogP contribution is 2.34. The summed E-state index contributed by atoms with van der Waals surface area (Å²) in [6.07, 6.45) is 9.62. The Labute approximate surface area is 155 Å². The van der Waals surface area contributed by atoms with Gasteiger partial charge in [-0.05, 0) is 31.9 Å². The molecule has 5 heteroatoms. The number of benzene rings is 1. The number of amides is 1. The molecule has 26 heavy (non-hydrogen) atoms. The average molecular weight is 352 g/mol. The molecular formula is C21H28N4O. The van der Waals surface area contributed by atoms with E-state index in [0.29, 0.717) is 11.5 Å². The zero-order valence-corrected chi connectivity index (χ0v) is 15.9. The SMILES string of the molecule is C=C/C=C(\C)C(=O)Nc1cc2nc(C3CCCCC3)[nH]c2cc1N(C)C. The van der Waals surface area contributed by atoms with Crippen molar-refractivity contribution in [3.8, 4) is 0 Å². The molecule has 1 fully saturated rings. The van der Waals surface area contributed by atoms with E-state index < -0.39 is 0 Å². The van der Waals surface area contributed by atoms with Crippen LogP contribution in [-0.2, 0) is 4.79 Å². The summed E-state index contributed by atoms with van der Waals surface area (Å²) < 4.78 is 0. The van der Waals surface area contributed by atoms with Gasteiger partial charge >= 0.3 is 0 Å². The summed E-state index contributed by atoms with van der Waals surface area (Å²) in [6.45, 7) is 5.42. The quantitative estimate of drug-likeness (QED) is 0.603. The van der Waals surface area contributed by atoms with Gasteiger partial charge in [0.25, 0.3) is 5.91 Å². The van der Waals surface area contributed by atoms with E-state index in [0.717, 1.165) is 28.2 Å². The van der Waals surface area contributed by atoms with Gasteiger partial charge in [-0.25, -0.2) is 4.98 Å². The number of rotatable bonds is 5. The standard InChI is InChI=1S/C21H28N4O/c1-5-9-14(2)21(26)24-18-12-16-17(13-19(18)25(3)4)23-20(22-16)15-10-7-6-8-11-15/h5,9,12-13,15H,1,6-8,10-11H2,2-4H3,(H,22,23)(H,24,26)/b14-9+. The van der Waals surface area contributed by atoms with Gasteiger partial charge in [-0.2, -0.15) is 0 Å². The van der Waals surface area contributed by atoms with E-state index in [1.54, 1.807) is 19.1 Å². The highest BCUT2D eigenvalue weighted by Gasteiger charge is 2.20. The number of aromatic amines is 1. The molecule has 1 amide bonds. The normalized spacial score (nSPS) is 15.9. The van der Waals surface area contributed by atoms with Crippen LogP contribution in [0, 0.1) is 0 Å². The van der Waals surface area contributed by atoms with Crippen LogP contribution in [-0.4, -0.2) is 30.0 Å². The fraction of sp³-hybridized carbons (Fsp3) is 0.429. The second-order valence-electron chi connectivity index (χ2n) is 7.28. The molecule has 0 saturated heterocycles. The maximum Gasteiger partial charge on any atom is 0.251 e. The lowest BCUT2D eigenvalue weighted by atomic mass is 9.89. The lowest BCUT2D eigenvalue weighted by Crippen LogP contribution is -2.17. The van der Waals surface area contributed by atoms with Crippen LogP contribution in [0.4, 0.5) is 11.4 Å². The molecule has 1 aliphatic rings. The largest absolute Gasteiger partial charge is 0.376 e. The number of carbonyl (C=O) groups excluding carboxylic acids is 1. The van der Waals surface area contributed by atoms with Crippen molar-refractivity contribution >= 4 is 28.3 Å². The van der Waals surface area contributed by atoms with Crippen LogP contribution in [0.15, 0.2) is 36.4 Å². The Bertz CT molecular complexity index is 841. The van der Waals surface area contributed by atoms with Crippen molar-refractivity contribution in [3.05, 3.63) is 42.3 Å². The monoisotopic (exact) mass is 352 g/mol. The van der Waals surface area contributed by atoms with Gasteiger partial charge in [0.15, 0.2) is 0 Å². The summed E-state index contributed by atoms with van der Waals surface area (Å²) >= 11 is 0. The van der Waals surface area contributed by atoms with Crippen LogP contribution in [0.25, 0.3) is 11.0 Å². The Balaban J connectivity index is 1.96. The van der Waals surface area contributed by atoms with Crippen molar-refractivity contribution in [1.82, 2.24) is 9.97 Å².